The van der Waals surface area contributed by atoms with Gasteiger partial charge in [-0.05, 0) is 24.8 Å². The van der Waals surface area contributed by atoms with Crippen LogP contribution in [0.4, 0.5) is 5.69 Å². The van der Waals surface area contributed by atoms with Crippen molar-refractivity contribution in [1.82, 2.24) is 0 Å². The Labute approximate surface area is 138 Å². The minimum absolute atomic E-state index is 0.0147. The molecule has 0 saturated carbocycles. The molecule has 3 atom stereocenters. The van der Waals surface area contributed by atoms with E-state index < -0.39 is 0 Å². The van der Waals surface area contributed by atoms with Gasteiger partial charge in [-0.3, -0.25) is 4.79 Å². The van der Waals surface area contributed by atoms with E-state index >= 15 is 0 Å². The van der Waals surface area contributed by atoms with E-state index in [2.05, 4.69) is 44.3 Å². The fourth-order valence-corrected chi connectivity index (χ4v) is 3.95. The number of quaternary nitrogens is 1. The summed E-state index contributed by atoms with van der Waals surface area (Å²) in [6.07, 6.45) is 1.28. The number of nitrogens with one attached hydrogen (secondary N) is 2. The number of anilines is 1. The van der Waals surface area contributed by atoms with Crippen LogP contribution in [0.25, 0.3) is 10.8 Å². The molecule has 0 aromatic heterocycles. The van der Waals surface area contributed by atoms with Crippen molar-refractivity contribution in [1.29, 1.82) is 0 Å². The summed E-state index contributed by atoms with van der Waals surface area (Å²) in [4.78, 5) is 14.1. The summed E-state index contributed by atoms with van der Waals surface area (Å²) in [5, 5.41) is 5.41. The zero-order valence-electron chi connectivity index (χ0n) is 14.3. The zero-order valence-corrected chi connectivity index (χ0v) is 14.3. The smallest absolute Gasteiger partial charge is 0.282 e. The molecule has 23 heavy (non-hydrogen) atoms. The zero-order chi connectivity index (χ0) is 16.4. The number of carbonyl (C=O) groups excluding carboxylic acids is 1. The number of rotatable bonds is 3. The lowest BCUT2D eigenvalue weighted by Crippen LogP contribution is -3.18. The van der Waals surface area contributed by atoms with Gasteiger partial charge in [-0.1, -0.05) is 50.2 Å². The van der Waals surface area contributed by atoms with Crippen molar-refractivity contribution in [3.05, 3.63) is 42.5 Å². The first kappa shape index (κ1) is 16.0. The number of benzene rings is 2. The molecule has 1 amide bonds. The van der Waals surface area contributed by atoms with Gasteiger partial charge in [0.25, 0.3) is 5.91 Å². The Balaban J connectivity index is 1.75. The van der Waals surface area contributed by atoms with Gasteiger partial charge in [-0.2, -0.15) is 0 Å². The maximum atomic E-state index is 12.7. The van der Waals surface area contributed by atoms with E-state index in [1.807, 2.05) is 24.3 Å². The molecule has 1 saturated heterocycles. The van der Waals surface area contributed by atoms with Crippen LogP contribution in [0.5, 0.6) is 0 Å². The number of amides is 1. The fourth-order valence-electron chi connectivity index (χ4n) is 3.95. The van der Waals surface area contributed by atoms with E-state index in [4.69, 9.17) is 0 Å². The number of carbonyl (C=O) groups is 1. The molecule has 0 bridgehead atoms. The topological polar surface area (TPSA) is 33.5 Å². The maximum absolute atomic E-state index is 12.7. The molecule has 0 radical (unpaired) electrons. The molecule has 3 rings (SSSR count). The Morgan fingerprint density at radius 2 is 1.74 bits per heavy atom. The third kappa shape index (κ3) is 3.56. The minimum atomic E-state index is -0.0147. The number of hydrogen-bond acceptors (Lipinski definition) is 1. The van der Waals surface area contributed by atoms with Crippen molar-refractivity contribution < 1.29 is 9.69 Å². The van der Waals surface area contributed by atoms with Gasteiger partial charge in [0.15, 0.2) is 6.04 Å². The van der Waals surface area contributed by atoms with E-state index in [1.54, 1.807) is 0 Å². The quantitative estimate of drug-likeness (QED) is 0.898. The van der Waals surface area contributed by atoms with Gasteiger partial charge in [0.05, 0.1) is 13.1 Å². The molecule has 3 nitrogen and oxygen atoms in total. The molecule has 0 aliphatic carbocycles. The van der Waals surface area contributed by atoms with Crippen molar-refractivity contribution in [2.45, 2.75) is 33.2 Å². The van der Waals surface area contributed by atoms with Gasteiger partial charge in [0, 0.05) is 22.9 Å². The van der Waals surface area contributed by atoms with E-state index in [1.165, 1.54) is 11.3 Å². The number of fused-ring (bicyclic) bond motifs is 1. The van der Waals surface area contributed by atoms with Crippen LogP contribution in [0, 0.1) is 11.8 Å². The molecular weight excluding hydrogens is 284 g/mol. The second kappa shape index (κ2) is 6.71. The van der Waals surface area contributed by atoms with Gasteiger partial charge in [-0.25, -0.2) is 0 Å². The number of hydrogen-bond donors (Lipinski definition) is 2. The standard InChI is InChI=1S/C20H26N2O/c1-14-11-15(2)13-22(12-14)16(3)20(23)21-19-10-6-8-17-7-4-5-9-18(17)19/h4-10,14-16H,11-13H2,1-3H3,(H,21,23)/p+1/t14-,15-,16-/m0/s1. The lowest BCUT2D eigenvalue weighted by molar-refractivity contribution is -0.925. The van der Waals surface area contributed by atoms with Crippen LogP contribution in [0.3, 0.4) is 0 Å². The molecule has 2 aromatic rings. The summed E-state index contributed by atoms with van der Waals surface area (Å²) in [6.45, 7) is 8.83. The molecule has 1 aliphatic heterocycles. The Kier molecular flexibility index (Phi) is 4.67. The van der Waals surface area contributed by atoms with E-state index in [0.29, 0.717) is 11.8 Å². The van der Waals surface area contributed by atoms with Crippen LogP contribution < -0.4 is 10.2 Å². The summed E-state index contributed by atoms with van der Waals surface area (Å²) in [6, 6.07) is 14.2. The highest BCUT2D eigenvalue weighted by atomic mass is 16.2. The predicted octanol–water partition coefficient (Wildman–Crippen LogP) is 2.73. The van der Waals surface area contributed by atoms with Gasteiger partial charge in [0.2, 0.25) is 0 Å². The molecule has 122 valence electrons. The highest BCUT2D eigenvalue weighted by Gasteiger charge is 2.32. The van der Waals surface area contributed by atoms with E-state index in [0.717, 1.165) is 29.5 Å². The highest BCUT2D eigenvalue weighted by molar-refractivity contribution is 6.03. The van der Waals surface area contributed by atoms with Gasteiger partial charge >= 0.3 is 0 Å². The molecule has 3 heteroatoms. The first-order valence-electron chi connectivity index (χ1n) is 8.67. The lowest BCUT2D eigenvalue weighted by Gasteiger charge is -2.35. The van der Waals surface area contributed by atoms with Crippen molar-refractivity contribution in [3.8, 4) is 0 Å². The summed E-state index contributed by atoms with van der Waals surface area (Å²) in [5.74, 6) is 1.51. The Morgan fingerprint density at radius 1 is 1.09 bits per heavy atom. The van der Waals surface area contributed by atoms with Crippen molar-refractivity contribution in [2.24, 2.45) is 11.8 Å². The molecule has 2 N–H and O–H groups in total. The Bertz CT molecular complexity index is 682. The van der Waals surface area contributed by atoms with Crippen LogP contribution in [0.1, 0.15) is 27.2 Å². The van der Waals surface area contributed by atoms with Crippen LogP contribution in [-0.4, -0.2) is 25.0 Å². The predicted molar refractivity (Wildman–Crippen MR) is 95.7 cm³/mol. The normalized spacial score (nSPS) is 26.0. The molecule has 0 spiro atoms. The minimum Gasteiger partial charge on any atom is -0.324 e. The first-order chi connectivity index (χ1) is 11.0. The second-order valence-electron chi connectivity index (χ2n) is 7.25. The number of piperidine rings is 1. The van der Waals surface area contributed by atoms with Gasteiger partial charge < -0.3 is 10.2 Å². The summed E-state index contributed by atoms with van der Waals surface area (Å²) in [7, 11) is 0. The molecule has 1 heterocycles. The largest absolute Gasteiger partial charge is 0.324 e. The van der Waals surface area contributed by atoms with Crippen molar-refractivity contribution in [3.63, 3.8) is 0 Å². The summed E-state index contributed by atoms with van der Waals surface area (Å²) < 4.78 is 0. The number of likely N-dealkylation sites (tertiary alicyclic amines) is 1. The second-order valence-corrected chi connectivity index (χ2v) is 7.25. The van der Waals surface area contributed by atoms with Crippen LogP contribution in [0.15, 0.2) is 42.5 Å². The molecular formula is C20H27N2O+. The van der Waals surface area contributed by atoms with Crippen LogP contribution in [0.2, 0.25) is 0 Å². The average molecular weight is 311 g/mol. The Morgan fingerprint density at radius 3 is 2.48 bits per heavy atom. The summed E-state index contributed by atoms with van der Waals surface area (Å²) >= 11 is 0. The Hall–Kier alpha value is -1.87. The van der Waals surface area contributed by atoms with Crippen molar-refractivity contribution >= 4 is 22.4 Å². The maximum Gasteiger partial charge on any atom is 0.282 e. The lowest BCUT2D eigenvalue weighted by atomic mass is 9.91. The summed E-state index contributed by atoms with van der Waals surface area (Å²) in [5.41, 5.74) is 0.914. The monoisotopic (exact) mass is 311 g/mol. The highest BCUT2D eigenvalue weighted by Crippen LogP contribution is 2.23. The van der Waals surface area contributed by atoms with Gasteiger partial charge in [-0.15, -0.1) is 0 Å². The van der Waals surface area contributed by atoms with E-state index in [9.17, 15) is 4.79 Å². The average Bonchev–Trinajstić information content (AvgIpc) is 2.53. The van der Waals surface area contributed by atoms with Crippen LogP contribution >= 0.6 is 0 Å². The van der Waals surface area contributed by atoms with Gasteiger partial charge in [0.1, 0.15) is 0 Å². The molecule has 0 unspecified atom stereocenters. The third-order valence-electron chi connectivity index (χ3n) is 5.08. The SMILES string of the molecule is C[C@H]1C[C@H](C)C[NH+]([C@@H](C)C(=O)Nc2cccc3ccccc23)C1. The molecule has 1 fully saturated rings. The fraction of sp³-hybridized carbons (Fsp3) is 0.450. The molecule has 1 aliphatic rings. The van der Waals surface area contributed by atoms with E-state index in [-0.39, 0.29) is 11.9 Å². The van der Waals surface area contributed by atoms with Crippen LogP contribution in [-0.2, 0) is 4.79 Å². The third-order valence-corrected chi connectivity index (χ3v) is 5.08. The van der Waals surface area contributed by atoms with Crippen molar-refractivity contribution in [2.75, 3.05) is 18.4 Å². The first-order valence-corrected chi connectivity index (χ1v) is 8.67. The molecule has 2 aromatic carbocycles.